The van der Waals surface area contributed by atoms with Crippen LogP contribution in [0, 0.1) is 0 Å². The minimum Gasteiger partial charge on any atom is -0.480 e. The van der Waals surface area contributed by atoms with E-state index in [-0.39, 0.29) is 0 Å². The van der Waals surface area contributed by atoms with Gasteiger partial charge in [-0.3, -0.25) is 9.59 Å². The van der Waals surface area contributed by atoms with Crippen molar-refractivity contribution in [2.24, 2.45) is 0 Å². The summed E-state index contributed by atoms with van der Waals surface area (Å²) in [6, 6.07) is 29.5. The highest BCUT2D eigenvalue weighted by molar-refractivity contribution is 6.01. The number of carbonyl (C=O) groups is 4. The molecule has 232 valence electrons. The van der Waals surface area contributed by atoms with E-state index < -0.39 is 60.8 Å². The number of carboxylic acids is 3. The minimum atomic E-state index is -3.07. The van der Waals surface area contributed by atoms with Crippen LogP contribution in [-0.2, 0) is 35.1 Å². The monoisotopic (exact) mass is 613 g/mol. The molecule has 4 aromatic rings. The Morgan fingerprint density at radius 2 is 1.47 bits per heavy atom. The molecular formula is C34H31NO10. The SMILES string of the molecule is CC(C(Cc1cccc2ccccc12)c1ccc(Oc2ccccc2)cc1)N(CC(=O)O)C(=O)C1COC(C(=O)O)(C(=O)O)O1. The van der Waals surface area contributed by atoms with Crippen molar-refractivity contribution >= 4 is 34.6 Å². The normalized spacial score (nSPS) is 16.9. The van der Waals surface area contributed by atoms with E-state index in [0.717, 1.165) is 26.8 Å². The van der Waals surface area contributed by atoms with Crippen LogP contribution in [0.15, 0.2) is 97.1 Å². The van der Waals surface area contributed by atoms with Crippen molar-refractivity contribution in [3.8, 4) is 11.5 Å². The van der Waals surface area contributed by atoms with Crippen LogP contribution in [0.4, 0.5) is 0 Å². The number of nitrogens with zero attached hydrogens (tertiary/aromatic N) is 1. The zero-order valence-corrected chi connectivity index (χ0v) is 24.2. The van der Waals surface area contributed by atoms with Gasteiger partial charge in [0.25, 0.3) is 5.91 Å². The Kier molecular flexibility index (Phi) is 9.12. The number of ether oxygens (including phenoxy) is 3. The number of rotatable bonds is 12. The summed E-state index contributed by atoms with van der Waals surface area (Å²) in [4.78, 5) is 50.3. The van der Waals surface area contributed by atoms with Gasteiger partial charge in [-0.15, -0.1) is 0 Å². The molecule has 0 saturated carbocycles. The van der Waals surface area contributed by atoms with E-state index in [2.05, 4.69) is 0 Å². The lowest BCUT2D eigenvalue weighted by Gasteiger charge is -2.35. The van der Waals surface area contributed by atoms with E-state index in [1.54, 1.807) is 19.1 Å². The first-order valence-electron chi connectivity index (χ1n) is 14.2. The van der Waals surface area contributed by atoms with Crippen molar-refractivity contribution in [1.82, 2.24) is 4.90 Å². The Balaban J connectivity index is 1.50. The molecule has 3 atom stereocenters. The van der Waals surface area contributed by atoms with E-state index in [0.29, 0.717) is 17.9 Å². The van der Waals surface area contributed by atoms with Gasteiger partial charge in [0.2, 0.25) is 0 Å². The summed E-state index contributed by atoms with van der Waals surface area (Å²) in [5.41, 5.74) is 1.75. The average Bonchev–Trinajstić information content (AvgIpc) is 3.50. The third-order valence-electron chi connectivity index (χ3n) is 7.85. The molecule has 5 rings (SSSR count). The largest absolute Gasteiger partial charge is 0.480 e. The number of benzene rings is 4. The third kappa shape index (κ3) is 6.64. The molecule has 1 saturated heterocycles. The fourth-order valence-corrected chi connectivity index (χ4v) is 5.55. The molecule has 4 aromatic carbocycles. The minimum absolute atomic E-state index is 0.404. The molecule has 1 aliphatic rings. The summed E-state index contributed by atoms with van der Waals surface area (Å²) in [6.07, 6.45) is -1.25. The second-order valence-electron chi connectivity index (χ2n) is 10.7. The van der Waals surface area contributed by atoms with Gasteiger partial charge >= 0.3 is 23.7 Å². The first kappa shape index (κ1) is 31.2. The fourth-order valence-electron chi connectivity index (χ4n) is 5.55. The number of hydrogen-bond donors (Lipinski definition) is 3. The van der Waals surface area contributed by atoms with Gasteiger partial charge in [-0.25, -0.2) is 9.59 Å². The molecule has 0 aliphatic carbocycles. The quantitative estimate of drug-likeness (QED) is 0.194. The summed E-state index contributed by atoms with van der Waals surface area (Å²) < 4.78 is 16.1. The first-order valence-corrected chi connectivity index (χ1v) is 14.2. The second kappa shape index (κ2) is 13.2. The maximum Gasteiger partial charge on any atom is 0.377 e. The van der Waals surface area contributed by atoms with Crippen LogP contribution in [0.2, 0.25) is 0 Å². The van der Waals surface area contributed by atoms with Crippen LogP contribution in [0.1, 0.15) is 24.0 Å². The Hall–Kier alpha value is -5.26. The number of fused-ring (bicyclic) bond motifs is 1. The van der Waals surface area contributed by atoms with Gasteiger partial charge in [0.05, 0.1) is 6.61 Å². The summed E-state index contributed by atoms with van der Waals surface area (Å²) in [5.74, 6) is -8.39. The number of amides is 1. The van der Waals surface area contributed by atoms with E-state index in [4.69, 9.17) is 14.2 Å². The van der Waals surface area contributed by atoms with Gasteiger partial charge in [0.1, 0.15) is 18.0 Å². The van der Waals surface area contributed by atoms with Crippen molar-refractivity contribution in [3.05, 3.63) is 108 Å². The number of hydrogen-bond acceptors (Lipinski definition) is 7. The second-order valence-corrected chi connectivity index (χ2v) is 10.7. The standard InChI is InChI=1S/C34H31NO10/c1-21(35(19-30(36)37)31(38)29-20-43-34(45-29,32(39)40)33(41)42)28(18-24-10-7-9-22-8-5-6-13-27(22)24)23-14-16-26(17-15-23)44-25-11-3-2-4-12-25/h2-17,21,28-29H,18-20H2,1H3,(H,36,37)(H,39,40)(H,41,42). The maximum absolute atomic E-state index is 13.8. The first-order chi connectivity index (χ1) is 21.6. The van der Waals surface area contributed by atoms with E-state index in [1.165, 1.54) is 0 Å². The highest BCUT2D eigenvalue weighted by atomic mass is 16.8. The van der Waals surface area contributed by atoms with E-state index >= 15 is 0 Å². The Labute approximate surface area is 258 Å². The topological polar surface area (TPSA) is 160 Å². The molecule has 1 aliphatic heterocycles. The van der Waals surface area contributed by atoms with Crippen LogP contribution in [0.3, 0.4) is 0 Å². The third-order valence-corrected chi connectivity index (χ3v) is 7.85. The van der Waals surface area contributed by atoms with Crippen molar-refractivity contribution in [1.29, 1.82) is 0 Å². The van der Waals surface area contributed by atoms with Crippen LogP contribution in [0.5, 0.6) is 11.5 Å². The predicted octanol–water partition coefficient (Wildman–Crippen LogP) is 4.54. The molecule has 1 amide bonds. The summed E-state index contributed by atoms with van der Waals surface area (Å²) >= 11 is 0. The van der Waals surface area contributed by atoms with Crippen LogP contribution in [-0.4, -0.2) is 75.1 Å². The summed E-state index contributed by atoms with van der Waals surface area (Å²) in [6.45, 7) is 0.274. The van der Waals surface area contributed by atoms with E-state index in [9.17, 15) is 34.5 Å². The molecule has 1 heterocycles. The molecule has 45 heavy (non-hydrogen) atoms. The van der Waals surface area contributed by atoms with Crippen molar-refractivity contribution in [2.45, 2.75) is 37.2 Å². The molecule has 0 spiro atoms. The van der Waals surface area contributed by atoms with Gasteiger partial charge in [-0.05, 0) is 59.5 Å². The Bertz CT molecular complexity index is 1690. The Morgan fingerprint density at radius 1 is 0.844 bits per heavy atom. The number of carboxylic acid groups (broad SMARTS) is 3. The van der Waals surface area contributed by atoms with Crippen LogP contribution < -0.4 is 4.74 Å². The van der Waals surface area contributed by atoms with Crippen LogP contribution in [0.25, 0.3) is 10.8 Å². The lowest BCUT2D eigenvalue weighted by Crippen LogP contribution is -2.52. The lowest BCUT2D eigenvalue weighted by molar-refractivity contribution is -0.218. The molecule has 11 nitrogen and oxygen atoms in total. The van der Waals surface area contributed by atoms with Crippen molar-refractivity contribution < 1.29 is 48.7 Å². The smallest absolute Gasteiger partial charge is 0.377 e. The number of para-hydroxylation sites is 1. The zero-order chi connectivity index (χ0) is 32.1. The van der Waals surface area contributed by atoms with Gasteiger partial charge < -0.3 is 34.4 Å². The van der Waals surface area contributed by atoms with Crippen molar-refractivity contribution in [2.75, 3.05) is 13.2 Å². The molecule has 3 unspecified atom stereocenters. The van der Waals surface area contributed by atoms with Gasteiger partial charge in [0.15, 0.2) is 6.10 Å². The number of carbonyl (C=O) groups excluding carboxylic acids is 1. The lowest BCUT2D eigenvalue weighted by atomic mass is 9.84. The molecule has 0 aromatic heterocycles. The summed E-state index contributed by atoms with van der Waals surface area (Å²) in [5, 5.41) is 30.7. The van der Waals surface area contributed by atoms with Crippen LogP contribution >= 0.6 is 0 Å². The van der Waals surface area contributed by atoms with E-state index in [1.807, 2.05) is 84.9 Å². The number of aliphatic carboxylic acids is 3. The van der Waals surface area contributed by atoms with Gasteiger partial charge in [-0.1, -0.05) is 72.8 Å². The Morgan fingerprint density at radius 3 is 2.11 bits per heavy atom. The van der Waals surface area contributed by atoms with Gasteiger partial charge in [0, 0.05) is 12.0 Å². The summed E-state index contributed by atoms with van der Waals surface area (Å²) in [7, 11) is 0. The molecule has 0 radical (unpaired) electrons. The molecule has 0 bridgehead atoms. The fraction of sp³-hybridized carbons (Fsp3) is 0.235. The molecule has 3 N–H and O–H groups in total. The zero-order valence-electron chi connectivity index (χ0n) is 24.2. The predicted molar refractivity (Wildman–Crippen MR) is 161 cm³/mol. The highest BCUT2D eigenvalue weighted by Crippen LogP contribution is 2.34. The highest BCUT2D eigenvalue weighted by Gasteiger charge is 2.58. The van der Waals surface area contributed by atoms with Gasteiger partial charge in [-0.2, -0.15) is 0 Å². The maximum atomic E-state index is 13.8. The average molecular weight is 614 g/mol. The molecule has 11 heteroatoms. The molecular weight excluding hydrogens is 582 g/mol. The molecule has 1 fully saturated rings. The van der Waals surface area contributed by atoms with Crippen molar-refractivity contribution in [3.63, 3.8) is 0 Å².